The van der Waals surface area contributed by atoms with Crippen LogP contribution in [0.4, 0.5) is 5.69 Å². The highest BCUT2D eigenvalue weighted by atomic mass is 16.5. The Hall–Kier alpha value is -8.86. The van der Waals surface area contributed by atoms with E-state index in [4.69, 9.17) is 10.5 Å². The summed E-state index contributed by atoms with van der Waals surface area (Å²) in [5.74, 6) is -7.01. The molecule has 0 saturated carbocycles. The number of rotatable bonds is 34. The number of aryl methyl sites for hydroxylation is 1. The number of carbonyl (C=O) groups is 10. The van der Waals surface area contributed by atoms with Crippen LogP contribution < -0.4 is 53.6 Å². The van der Waals surface area contributed by atoms with Gasteiger partial charge in [-0.15, -0.1) is 0 Å². The summed E-state index contributed by atoms with van der Waals surface area (Å²) >= 11 is 0. The van der Waals surface area contributed by atoms with E-state index in [1.165, 1.54) is 6.92 Å². The maximum absolute atomic E-state index is 14.5. The smallest absolute Gasteiger partial charge is 0.250 e. The van der Waals surface area contributed by atoms with Crippen LogP contribution >= 0.6 is 0 Å². The minimum absolute atomic E-state index is 0.0515. The van der Waals surface area contributed by atoms with Crippen molar-refractivity contribution in [3.63, 3.8) is 0 Å². The molecule has 0 unspecified atom stereocenters. The number of amides is 10. The number of fused-ring (bicyclic) bond motifs is 1. The summed E-state index contributed by atoms with van der Waals surface area (Å²) in [6.07, 6.45) is 4.16. The molecule has 2 heterocycles. The van der Waals surface area contributed by atoms with Gasteiger partial charge in [0.1, 0.15) is 49.5 Å². The minimum atomic E-state index is -1.50. The van der Waals surface area contributed by atoms with Crippen molar-refractivity contribution in [3.05, 3.63) is 126 Å². The summed E-state index contributed by atoms with van der Waals surface area (Å²) in [4.78, 5) is 142. The third-order valence-electron chi connectivity index (χ3n) is 13.8. The lowest BCUT2D eigenvalue weighted by Gasteiger charge is -2.27. The first-order chi connectivity index (χ1) is 40.4. The Kier molecular flexibility index (Phi) is 26.3. The van der Waals surface area contributed by atoms with Crippen molar-refractivity contribution in [2.24, 2.45) is 23.5 Å². The van der Waals surface area contributed by atoms with Crippen molar-refractivity contribution in [1.29, 1.82) is 0 Å². The van der Waals surface area contributed by atoms with E-state index < -0.39 is 115 Å². The fraction of sp³-hybridized carbons (Fsp3) is 0.452. The predicted molar refractivity (Wildman–Crippen MR) is 322 cm³/mol. The number of aromatic nitrogens is 2. The van der Waals surface area contributed by atoms with Gasteiger partial charge in [0.15, 0.2) is 0 Å². The van der Waals surface area contributed by atoms with Gasteiger partial charge in [0, 0.05) is 66.4 Å². The molecule has 3 aromatic carbocycles. The van der Waals surface area contributed by atoms with Crippen molar-refractivity contribution in [1.82, 2.24) is 52.5 Å². The molecule has 13 N–H and O–H groups in total. The minimum Gasteiger partial charge on any atom is -0.370 e. The number of H-pyrrole nitrogens is 2. The van der Waals surface area contributed by atoms with Crippen molar-refractivity contribution >= 4 is 75.7 Å². The molecular formula is C62H84N12O11. The summed E-state index contributed by atoms with van der Waals surface area (Å²) in [5, 5.41) is 25.1. The van der Waals surface area contributed by atoms with Crippen molar-refractivity contribution in [2.75, 3.05) is 25.1 Å². The van der Waals surface area contributed by atoms with E-state index in [2.05, 4.69) is 85.5 Å². The van der Waals surface area contributed by atoms with Crippen molar-refractivity contribution in [2.45, 2.75) is 143 Å². The van der Waals surface area contributed by atoms with E-state index in [0.29, 0.717) is 34.3 Å². The Morgan fingerprint density at radius 3 is 1.78 bits per heavy atom. The second-order valence-corrected chi connectivity index (χ2v) is 22.6. The van der Waals surface area contributed by atoms with Gasteiger partial charge in [0.25, 0.3) is 0 Å². The first-order valence-corrected chi connectivity index (χ1v) is 28.8. The topological polar surface area (TPSA) is 346 Å². The van der Waals surface area contributed by atoms with Crippen LogP contribution in [0.5, 0.6) is 0 Å². The molecule has 0 radical (unpaired) electrons. The summed E-state index contributed by atoms with van der Waals surface area (Å²) in [6.45, 7) is 13.3. The van der Waals surface area contributed by atoms with E-state index in [-0.39, 0.29) is 44.1 Å². The monoisotopic (exact) mass is 1170 g/mol. The van der Waals surface area contributed by atoms with Gasteiger partial charge in [-0.3, -0.25) is 47.9 Å². The first-order valence-electron chi connectivity index (χ1n) is 28.8. The van der Waals surface area contributed by atoms with Crippen LogP contribution in [0.25, 0.3) is 10.9 Å². The Balaban J connectivity index is 1.27. The molecule has 0 spiro atoms. The quantitative estimate of drug-likeness (QED) is 0.0284. The zero-order valence-corrected chi connectivity index (χ0v) is 49.7. The number of anilines is 1. The normalized spacial score (nSPS) is 13.4. The molecule has 23 heteroatoms. The summed E-state index contributed by atoms with van der Waals surface area (Å²) in [7, 11) is 0. The van der Waals surface area contributed by atoms with Gasteiger partial charge < -0.3 is 68.3 Å². The fourth-order valence-corrected chi connectivity index (χ4v) is 9.49. The van der Waals surface area contributed by atoms with Gasteiger partial charge in [-0.1, -0.05) is 108 Å². The number of hydrogen-bond donors (Lipinski definition) is 12. The molecule has 0 aliphatic carbocycles. The van der Waals surface area contributed by atoms with Crippen molar-refractivity contribution < 1.29 is 52.7 Å². The summed E-state index contributed by atoms with van der Waals surface area (Å²) in [6, 6.07) is 18.8. The van der Waals surface area contributed by atoms with Crippen LogP contribution in [-0.2, 0) is 71.9 Å². The number of para-hydroxylation sites is 1. The van der Waals surface area contributed by atoms with Crippen LogP contribution in [0, 0.1) is 24.7 Å². The highest BCUT2D eigenvalue weighted by Gasteiger charge is 2.34. The number of ether oxygens (including phenoxy) is 1. The molecule has 458 valence electrons. The Morgan fingerprint density at radius 2 is 1.13 bits per heavy atom. The third kappa shape index (κ3) is 23.0. The van der Waals surface area contributed by atoms with Crippen LogP contribution in [0.3, 0.4) is 0 Å². The van der Waals surface area contributed by atoms with Crippen LogP contribution in [0.2, 0.25) is 0 Å². The SMILES string of the molecule is Cc1ccc(NC(=O)COCC(=O)N[C@H](Cc2ccccc2)C(=O)N[C@@H](CCC(N)=O)C(=O)N[C@@H](Cc2c[nH]c3ccccc23)C(=O)N[C@@H](C)C(=O)N[C@H](C(=O)NCC(=O)N[C@@H](Cc2ccc[nH]2)C(=O)NC(CC(C)C)CC(C)C)C(C)C)cc1. The van der Waals surface area contributed by atoms with Gasteiger partial charge in [0.05, 0.1) is 6.54 Å². The zero-order valence-electron chi connectivity index (χ0n) is 49.7. The number of nitrogens with two attached hydrogens (primary N) is 1. The number of benzene rings is 3. The molecule has 0 fully saturated rings. The molecule has 0 aliphatic heterocycles. The molecule has 0 aliphatic rings. The van der Waals surface area contributed by atoms with E-state index in [1.54, 1.807) is 86.9 Å². The van der Waals surface area contributed by atoms with Crippen LogP contribution in [0.1, 0.15) is 96.5 Å². The van der Waals surface area contributed by atoms with E-state index in [0.717, 1.165) is 29.3 Å². The summed E-state index contributed by atoms with van der Waals surface area (Å²) in [5.41, 5.74) is 9.75. The van der Waals surface area contributed by atoms with E-state index in [9.17, 15) is 47.9 Å². The fourth-order valence-electron chi connectivity index (χ4n) is 9.49. The second kappa shape index (κ2) is 33.4. The highest BCUT2D eigenvalue weighted by molar-refractivity contribution is 5.98. The van der Waals surface area contributed by atoms with E-state index in [1.807, 2.05) is 37.3 Å². The third-order valence-corrected chi connectivity index (χ3v) is 13.8. The number of primary amides is 1. The molecule has 2 aromatic heterocycles. The molecule has 5 rings (SSSR count). The molecule has 5 aromatic rings. The molecule has 10 amide bonds. The van der Waals surface area contributed by atoms with Crippen molar-refractivity contribution in [3.8, 4) is 0 Å². The lowest BCUT2D eigenvalue weighted by molar-refractivity contribution is -0.136. The van der Waals surface area contributed by atoms with Gasteiger partial charge in [-0.25, -0.2) is 0 Å². The molecule has 23 nitrogen and oxygen atoms in total. The zero-order chi connectivity index (χ0) is 62.2. The van der Waals surface area contributed by atoms with E-state index >= 15 is 0 Å². The number of hydrogen-bond acceptors (Lipinski definition) is 11. The molecule has 6 atom stereocenters. The summed E-state index contributed by atoms with van der Waals surface area (Å²) < 4.78 is 5.38. The number of nitrogens with one attached hydrogen (secondary N) is 11. The number of carbonyl (C=O) groups excluding carboxylic acids is 10. The van der Waals surface area contributed by atoms with Gasteiger partial charge in [-0.05, 0) is 92.3 Å². The average Bonchev–Trinajstić information content (AvgIpc) is 3.44. The first kappa shape index (κ1) is 66.9. The maximum Gasteiger partial charge on any atom is 0.250 e. The lowest BCUT2D eigenvalue weighted by Crippen LogP contribution is -2.60. The molecule has 85 heavy (non-hydrogen) atoms. The molecule has 0 bridgehead atoms. The second-order valence-electron chi connectivity index (χ2n) is 22.6. The standard InChI is InChI=1S/C62H84N12O11/c1-36(2)27-45(28-37(3)4)69-60(82)51(31-44-17-14-26-64-44)70-53(76)33-66-62(84)56(38(5)6)74-57(79)40(8)67-59(81)50(30-42-32-65-47-19-13-12-18-46(42)47)73-58(80)48(24-25-52(63)75)72-61(83)49(29-41-15-10-9-11-16-41)71-55(78)35-85-34-54(77)68-43-22-20-39(7)21-23-43/h9-23,26,32,36-38,40,45,48-51,56,64-65H,24-25,27-31,33-35H2,1-8H3,(H2,63,75)(H,66,84)(H,67,81)(H,68,77)(H,69,82)(H,70,76)(H,71,78)(H,72,83)(H,73,80)(H,74,79)/t40-,48-,49+,50-,51-,56-/m0/s1. The largest absolute Gasteiger partial charge is 0.370 e. The lowest BCUT2D eigenvalue weighted by atomic mass is 9.95. The van der Waals surface area contributed by atoms with Crippen LogP contribution in [0.15, 0.2) is 103 Å². The van der Waals surface area contributed by atoms with Crippen LogP contribution in [-0.4, -0.2) is 131 Å². The number of aromatic amines is 2. The molecular weight excluding hydrogens is 1090 g/mol. The Morgan fingerprint density at radius 1 is 0.541 bits per heavy atom. The van der Waals surface area contributed by atoms with Gasteiger partial charge in [-0.2, -0.15) is 0 Å². The van der Waals surface area contributed by atoms with Gasteiger partial charge >= 0.3 is 0 Å². The Bertz CT molecular complexity index is 3030. The Labute approximate surface area is 496 Å². The molecule has 0 saturated heterocycles. The van der Waals surface area contributed by atoms with Gasteiger partial charge in [0.2, 0.25) is 59.1 Å². The highest BCUT2D eigenvalue weighted by Crippen LogP contribution is 2.20. The maximum atomic E-state index is 14.5. The average molecular weight is 1170 g/mol. The predicted octanol–water partition coefficient (Wildman–Crippen LogP) is 3.03.